The summed E-state index contributed by atoms with van der Waals surface area (Å²) in [6.07, 6.45) is 10.3. The van der Waals surface area contributed by atoms with E-state index in [1.807, 2.05) is 18.2 Å². The number of unbranched alkanes of at least 4 members (excludes halogenated alkanes) is 6. The first kappa shape index (κ1) is 16.8. The number of hydrogen-bond acceptors (Lipinski definition) is 1. The van der Waals surface area contributed by atoms with Crippen molar-refractivity contribution in [3.63, 3.8) is 0 Å². The van der Waals surface area contributed by atoms with Crippen molar-refractivity contribution >= 4 is 23.1 Å². The number of phenols is 1. The molecule has 1 aromatic rings. The second-order valence-corrected chi connectivity index (χ2v) is 4.50. The number of aryl methyl sites for hydroxylation is 1. The first-order chi connectivity index (χ1) is 7.84. The summed E-state index contributed by atoms with van der Waals surface area (Å²) in [6.45, 7) is 2.25. The summed E-state index contributed by atoms with van der Waals surface area (Å²) >= 11 is 0. The van der Waals surface area contributed by atoms with E-state index in [4.69, 9.17) is 0 Å². The first-order valence-corrected chi connectivity index (χ1v) is 6.61. The fourth-order valence-electron chi connectivity index (χ4n) is 1.99. The third-order valence-electron chi connectivity index (χ3n) is 3.04. The van der Waals surface area contributed by atoms with E-state index >= 15 is 0 Å². The fourth-order valence-corrected chi connectivity index (χ4v) is 1.99. The van der Waals surface area contributed by atoms with E-state index < -0.39 is 0 Å². The first-order valence-electron chi connectivity index (χ1n) is 6.61. The predicted octanol–water partition coefficient (Wildman–Crippen LogP) is 4.53. The van der Waals surface area contributed by atoms with E-state index in [1.54, 1.807) is 6.07 Å². The van der Waals surface area contributed by atoms with Crippen LogP contribution in [-0.2, 0) is 6.42 Å². The van der Waals surface area contributed by atoms with Crippen LogP contribution in [0.15, 0.2) is 24.3 Å². The third kappa shape index (κ3) is 7.66. The van der Waals surface area contributed by atoms with Gasteiger partial charge in [-0.2, -0.15) is 0 Å². The summed E-state index contributed by atoms with van der Waals surface area (Å²) in [6, 6.07) is 7.67. The topological polar surface area (TPSA) is 20.2 Å². The molecular weight excluding hydrogens is 220 g/mol. The van der Waals surface area contributed by atoms with Crippen molar-refractivity contribution in [2.75, 3.05) is 0 Å². The van der Waals surface area contributed by atoms with Crippen LogP contribution in [0.25, 0.3) is 0 Å². The van der Waals surface area contributed by atoms with Crippen molar-refractivity contribution in [3.05, 3.63) is 29.8 Å². The Bertz CT molecular complexity index is 295. The Labute approximate surface area is 125 Å². The molecule has 0 unspecified atom stereocenters. The van der Waals surface area contributed by atoms with Crippen LogP contribution in [0.2, 0.25) is 0 Å². The minimum atomic E-state index is 0. The van der Waals surface area contributed by atoms with Crippen molar-refractivity contribution in [1.82, 2.24) is 0 Å². The maximum Gasteiger partial charge on any atom is 2.00 e. The van der Waals surface area contributed by atoms with Crippen molar-refractivity contribution in [2.24, 2.45) is 0 Å². The third-order valence-corrected chi connectivity index (χ3v) is 3.04. The molecule has 1 nitrogen and oxygen atoms in total. The molecule has 0 fully saturated rings. The van der Waals surface area contributed by atoms with Crippen LogP contribution >= 0.6 is 0 Å². The monoisotopic (exact) mass is 246 g/mol. The largest absolute Gasteiger partial charge is 2.00 e. The van der Waals surface area contributed by atoms with Crippen molar-refractivity contribution < 1.29 is 7.96 Å². The molecule has 0 saturated heterocycles. The molecule has 0 saturated carbocycles. The van der Waals surface area contributed by atoms with Gasteiger partial charge in [-0.1, -0.05) is 63.6 Å². The Morgan fingerprint density at radius 1 is 0.941 bits per heavy atom. The molecule has 0 spiro atoms. The van der Waals surface area contributed by atoms with E-state index in [0.29, 0.717) is 5.75 Å². The predicted molar refractivity (Wildman–Crippen MR) is 77.8 cm³/mol. The standard InChI is InChI=1S/C15H24O.Mg.2H/c1-2-3-4-5-6-7-8-11-14-12-9-10-13-15(14)16;;;/h9-10,12-13,16H,2-8,11H2,1H3;;;/q;+2;2*-1. The Morgan fingerprint density at radius 3 is 2.18 bits per heavy atom. The average Bonchev–Trinajstić information content (AvgIpc) is 2.30. The normalized spacial score (nSPS) is 9.94. The van der Waals surface area contributed by atoms with Gasteiger partial charge in [0.15, 0.2) is 0 Å². The van der Waals surface area contributed by atoms with Gasteiger partial charge >= 0.3 is 23.1 Å². The van der Waals surface area contributed by atoms with E-state index in [0.717, 1.165) is 12.0 Å². The molecule has 94 valence electrons. The van der Waals surface area contributed by atoms with E-state index in [9.17, 15) is 5.11 Å². The molecule has 2 heteroatoms. The summed E-state index contributed by atoms with van der Waals surface area (Å²) in [4.78, 5) is 0. The number of phenolic OH excluding ortho intramolecular Hbond substituents is 1. The molecule has 0 radical (unpaired) electrons. The quantitative estimate of drug-likeness (QED) is 0.528. The summed E-state index contributed by atoms with van der Waals surface area (Å²) in [5, 5.41) is 9.58. The molecule has 0 bridgehead atoms. The molecule has 0 atom stereocenters. The summed E-state index contributed by atoms with van der Waals surface area (Å²) in [7, 11) is 0. The van der Waals surface area contributed by atoms with Crippen LogP contribution < -0.4 is 0 Å². The van der Waals surface area contributed by atoms with Crippen molar-refractivity contribution in [3.8, 4) is 5.75 Å². The van der Waals surface area contributed by atoms with Gasteiger partial charge in [0.05, 0.1) is 0 Å². The molecule has 17 heavy (non-hydrogen) atoms. The van der Waals surface area contributed by atoms with E-state index in [-0.39, 0.29) is 25.9 Å². The molecule has 1 rings (SSSR count). The van der Waals surface area contributed by atoms with Crippen LogP contribution in [-0.4, -0.2) is 28.2 Å². The van der Waals surface area contributed by atoms with Crippen LogP contribution in [0, 0.1) is 0 Å². The Balaban J connectivity index is -0.000000853. The second-order valence-electron chi connectivity index (χ2n) is 4.50. The summed E-state index contributed by atoms with van der Waals surface area (Å²) < 4.78 is 0. The fraction of sp³-hybridized carbons (Fsp3) is 0.600. The average molecular weight is 247 g/mol. The molecule has 0 aliphatic heterocycles. The minimum absolute atomic E-state index is 0. The van der Waals surface area contributed by atoms with Crippen molar-refractivity contribution in [1.29, 1.82) is 0 Å². The molecular formula is C15H26MgO. The van der Waals surface area contributed by atoms with Gasteiger partial charge in [0, 0.05) is 0 Å². The number of benzene rings is 1. The van der Waals surface area contributed by atoms with Gasteiger partial charge in [-0.15, -0.1) is 0 Å². The Kier molecular flexibility index (Phi) is 10.8. The van der Waals surface area contributed by atoms with Crippen LogP contribution in [0.3, 0.4) is 0 Å². The maximum absolute atomic E-state index is 9.58. The molecule has 0 aromatic heterocycles. The Morgan fingerprint density at radius 2 is 1.53 bits per heavy atom. The number of rotatable bonds is 8. The van der Waals surface area contributed by atoms with Gasteiger partial charge in [-0.25, -0.2) is 0 Å². The molecule has 1 aromatic carbocycles. The smallest absolute Gasteiger partial charge is 1.00 e. The SMILES string of the molecule is CCCCCCCCCc1ccccc1O.[H-].[H-].[Mg+2]. The zero-order valence-corrected chi connectivity index (χ0v) is 12.5. The van der Waals surface area contributed by atoms with Crippen LogP contribution in [0.5, 0.6) is 5.75 Å². The van der Waals surface area contributed by atoms with E-state index in [2.05, 4.69) is 6.92 Å². The van der Waals surface area contributed by atoms with E-state index in [1.165, 1.54) is 44.9 Å². The van der Waals surface area contributed by atoms with Gasteiger partial charge in [-0.3, -0.25) is 0 Å². The summed E-state index contributed by atoms with van der Waals surface area (Å²) in [5.41, 5.74) is 1.09. The van der Waals surface area contributed by atoms with Crippen LogP contribution in [0.4, 0.5) is 0 Å². The zero-order chi connectivity index (χ0) is 11.6. The van der Waals surface area contributed by atoms with Gasteiger partial charge in [0.1, 0.15) is 5.75 Å². The van der Waals surface area contributed by atoms with Gasteiger partial charge < -0.3 is 7.96 Å². The number of para-hydroxylation sites is 1. The van der Waals surface area contributed by atoms with Gasteiger partial charge in [0.25, 0.3) is 0 Å². The van der Waals surface area contributed by atoms with Crippen molar-refractivity contribution in [2.45, 2.75) is 58.3 Å². The number of hydrogen-bond donors (Lipinski definition) is 1. The molecule has 0 aliphatic carbocycles. The van der Waals surface area contributed by atoms with Gasteiger partial charge in [0.2, 0.25) is 0 Å². The minimum Gasteiger partial charge on any atom is -1.00 e. The molecule has 0 aliphatic rings. The molecule has 1 N–H and O–H groups in total. The Hall–Kier alpha value is -0.214. The molecule has 0 heterocycles. The second kappa shape index (κ2) is 10.9. The number of aromatic hydroxyl groups is 1. The zero-order valence-electron chi connectivity index (χ0n) is 13.1. The van der Waals surface area contributed by atoms with Crippen LogP contribution in [0.1, 0.15) is 60.3 Å². The maximum atomic E-state index is 9.58. The van der Waals surface area contributed by atoms with Gasteiger partial charge in [-0.05, 0) is 24.5 Å². The summed E-state index contributed by atoms with van der Waals surface area (Å²) in [5.74, 6) is 0.452. The molecule has 0 amide bonds.